The fraction of sp³-hybridized carbons (Fsp3) is 0.0588. The molecule has 2 aromatic carbocycles. The number of hydrogen-bond acceptors (Lipinski definition) is 4. The Morgan fingerprint density at radius 1 is 0.840 bits per heavy atom. The molecule has 2 aromatic rings. The first-order valence-corrected chi connectivity index (χ1v) is 7.59. The molecule has 25 heavy (non-hydrogen) atoms. The normalized spacial score (nSPS) is 9.80. The van der Waals surface area contributed by atoms with Crippen molar-refractivity contribution in [3.63, 3.8) is 0 Å². The van der Waals surface area contributed by atoms with Gasteiger partial charge in [-0.1, -0.05) is 0 Å². The Hall–Kier alpha value is -3.26. The van der Waals surface area contributed by atoms with E-state index in [0.717, 1.165) is 0 Å². The Kier molecular flexibility index (Phi) is 5.80. The summed E-state index contributed by atoms with van der Waals surface area (Å²) < 4.78 is 0. The molecule has 0 aliphatic carbocycles. The average molecular weight is 357 g/mol. The molecule has 128 valence electrons. The van der Waals surface area contributed by atoms with Gasteiger partial charge in [-0.2, -0.15) is 0 Å². The first-order valence-electron chi connectivity index (χ1n) is 7.18. The number of aromatic carboxylic acids is 1. The maximum absolute atomic E-state index is 12.1. The lowest BCUT2D eigenvalue weighted by atomic mass is 10.2. The predicted octanol–water partition coefficient (Wildman–Crippen LogP) is 2.47. The molecular formula is C17H15N3O4S. The van der Waals surface area contributed by atoms with Crippen LogP contribution in [0.2, 0.25) is 0 Å². The summed E-state index contributed by atoms with van der Waals surface area (Å²) in [6.45, 7) is 1.40. The summed E-state index contributed by atoms with van der Waals surface area (Å²) >= 11 is 5.06. The van der Waals surface area contributed by atoms with Crippen molar-refractivity contribution in [3.05, 3.63) is 59.7 Å². The molecule has 2 amide bonds. The zero-order valence-corrected chi connectivity index (χ0v) is 14.0. The van der Waals surface area contributed by atoms with Crippen molar-refractivity contribution in [2.24, 2.45) is 0 Å². The van der Waals surface area contributed by atoms with E-state index in [1.807, 2.05) is 0 Å². The highest BCUT2D eigenvalue weighted by Crippen LogP contribution is 2.11. The van der Waals surface area contributed by atoms with Gasteiger partial charge in [-0.05, 0) is 60.7 Å². The van der Waals surface area contributed by atoms with Crippen molar-refractivity contribution in [1.29, 1.82) is 0 Å². The summed E-state index contributed by atoms with van der Waals surface area (Å²) in [5.74, 6) is -1.63. The molecule has 2 rings (SSSR count). The SMILES string of the molecule is CC(=O)Nc1ccc(C(=O)NC(=S)Nc2ccc(C(=O)O)cc2)cc1. The van der Waals surface area contributed by atoms with Crippen LogP contribution in [0.25, 0.3) is 0 Å². The van der Waals surface area contributed by atoms with E-state index in [1.165, 1.54) is 19.1 Å². The summed E-state index contributed by atoms with van der Waals surface area (Å²) in [5.41, 5.74) is 1.67. The summed E-state index contributed by atoms with van der Waals surface area (Å²) in [6, 6.07) is 12.3. The average Bonchev–Trinajstić information content (AvgIpc) is 2.55. The van der Waals surface area contributed by atoms with E-state index < -0.39 is 11.9 Å². The molecule has 0 aliphatic heterocycles. The molecule has 0 unspecified atom stereocenters. The van der Waals surface area contributed by atoms with Crippen molar-refractivity contribution < 1.29 is 19.5 Å². The fourth-order valence-electron chi connectivity index (χ4n) is 1.94. The summed E-state index contributed by atoms with van der Waals surface area (Å²) in [7, 11) is 0. The van der Waals surface area contributed by atoms with Crippen LogP contribution in [0.4, 0.5) is 11.4 Å². The Morgan fingerprint density at radius 2 is 1.32 bits per heavy atom. The lowest BCUT2D eigenvalue weighted by Gasteiger charge is -2.10. The third-order valence-electron chi connectivity index (χ3n) is 3.08. The number of amides is 2. The van der Waals surface area contributed by atoms with E-state index in [2.05, 4.69) is 16.0 Å². The number of carbonyl (C=O) groups excluding carboxylic acids is 2. The van der Waals surface area contributed by atoms with Crippen LogP contribution in [0.5, 0.6) is 0 Å². The molecule has 0 saturated heterocycles. The van der Waals surface area contributed by atoms with E-state index in [0.29, 0.717) is 16.9 Å². The third kappa shape index (κ3) is 5.40. The number of rotatable bonds is 4. The van der Waals surface area contributed by atoms with Crippen LogP contribution < -0.4 is 16.0 Å². The number of carbonyl (C=O) groups is 3. The van der Waals surface area contributed by atoms with Gasteiger partial charge in [0.1, 0.15) is 0 Å². The van der Waals surface area contributed by atoms with Gasteiger partial charge in [0, 0.05) is 23.9 Å². The molecule has 0 atom stereocenters. The number of hydrogen-bond donors (Lipinski definition) is 4. The Bertz CT molecular complexity index is 817. The van der Waals surface area contributed by atoms with Gasteiger partial charge < -0.3 is 15.7 Å². The van der Waals surface area contributed by atoms with Crippen molar-refractivity contribution in [1.82, 2.24) is 5.32 Å². The second-order valence-corrected chi connectivity index (χ2v) is 5.46. The lowest BCUT2D eigenvalue weighted by molar-refractivity contribution is -0.114. The molecule has 0 radical (unpaired) electrons. The maximum atomic E-state index is 12.1. The van der Waals surface area contributed by atoms with Gasteiger partial charge in [-0.25, -0.2) is 4.79 Å². The molecule has 0 saturated carbocycles. The van der Waals surface area contributed by atoms with Crippen LogP contribution in [0.3, 0.4) is 0 Å². The Balaban J connectivity index is 1.94. The number of nitrogens with one attached hydrogen (secondary N) is 3. The minimum absolute atomic E-state index is 0.0824. The number of anilines is 2. The summed E-state index contributed by atoms with van der Waals surface area (Å²) in [6.07, 6.45) is 0. The monoisotopic (exact) mass is 357 g/mol. The van der Waals surface area contributed by atoms with Crippen LogP contribution in [0.15, 0.2) is 48.5 Å². The van der Waals surface area contributed by atoms with Crippen molar-refractivity contribution in [2.45, 2.75) is 6.92 Å². The third-order valence-corrected chi connectivity index (χ3v) is 3.29. The highest BCUT2D eigenvalue weighted by molar-refractivity contribution is 7.80. The molecule has 0 fully saturated rings. The zero-order chi connectivity index (χ0) is 18.4. The van der Waals surface area contributed by atoms with Crippen LogP contribution in [-0.4, -0.2) is 28.0 Å². The quantitative estimate of drug-likeness (QED) is 0.626. The topological polar surface area (TPSA) is 108 Å². The van der Waals surface area contributed by atoms with Gasteiger partial charge in [-0.15, -0.1) is 0 Å². The maximum Gasteiger partial charge on any atom is 0.335 e. The van der Waals surface area contributed by atoms with Crippen molar-refractivity contribution in [3.8, 4) is 0 Å². The van der Waals surface area contributed by atoms with Crippen molar-refractivity contribution >= 4 is 46.5 Å². The molecular weight excluding hydrogens is 342 g/mol. The second-order valence-electron chi connectivity index (χ2n) is 5.05. The van der Waals surface area contributed by atoms with Gasteiger partial charge in [-0.3, -0.25) is 14.9 Å². The molecule has 0 aromatic heterocycles. The standard InChI is InChI=1S/C17H15N3O4S/c1-10(21)18-13-6-2-11(3-7-13)15(22)20-17(25)19-14-8-4-12(5-9-14)16(23)24/h2-9H,1H3,(H,18,21)(H,23,24)(H2,19,20,22,25). The number of benzene rings is 2. The minimum atomic E-state index is -1.02. The van der Waals surface area contributed by atoms with E-state index >= 15 is 0 Å². The first kappa shape index (κ1) is 18.1. The van der Waals surface area contributed by atoms with Gasteiger partial charge in [0.25, 0.3) is 5.91 Å². The van der Waals surface area contributed by atoms with E-state index in [4.69, 9.17) is 17.3 Å². The van der Waals surface area contributed by atoms with Crippen molar-refractivity contribution in [2.75, 3.05) is 10.6 Å². The lowest BCUT2D eigenvalue weighted by Crippen LogP contribution is -2.34. The zero-order valence-electron chi connectivity index (χ0n) is 13.2. The Morgan fingerprint density at radius 3 is 1.80 bits per heavy atom. The first-order chi connectivity index (χ1) is 11.8. The smallest absolute Gasteiger partial charge is 0.335 e. The largest absolute Gasteiger partial charge is 0.478 e. The number of carboxylic acid groups (broad SMARTS) is 1. The van der Waals surface area contributed by atoms with Crippen LogP contribution >= 0.6 is 12.2 Å². The van der Waals surface area contributed by atoms with Gasteiger partial charge in [0.2, 0.25) is 5.91 Å². The minimum Gasteiger partial charge on any atom is -0.478 e. The van der Waals surface area contributed by atoms with Gasteiger partial charge in [0.15, 0.2) is 5.11 Å². The second kappa shape index (κ2) is 8.02. The van der Waals surface area contributed by atoms with Crippen LogP contribution in [0.1, 0.15) is 27.6 Å². The molecule has 8 heteroatoms. The number of thiocarbonyl (C=S) groups is 1. The predicted molar refractivity (Wildman–Crippen MR) is 97.8 cm³/mol. The van der Waals surface area contributed by atoms with Gasteiger partial charge in [0.05, 0.1) is 5.56 Å². The fourth-order valence-corrected chi connectivity index (χ4v) is 2.15. The molecule has 0 bridgehead atoms. The van der Waals surface area contributed by atoms with E-state index in [-0.39, 0.29) is 16.6 Å². The summed E-state index contributed by atoms with van der Waals surface area (Å²) in [5, 5.41) is 16.8. The molecule has 7 nitrogen and oxygen atoms in total. The van der Waals surface area contributed by atoms with E-state index in [1.54, 1.807) is 36.4 Å². The highest BCUT2D eigenvalue weighted by atomic mass is 32.1. The van der Waals surface area contributed by atoms with Crippen LogP contribution in [-0.2, 0) is 4.79 Å². The van der Waals surface area contributed by atoms with Crippen LogP contribution in [0, 0.1) is 0 Å². The summed E-state index contributed by atoms with van der Waals surface area (Å²) in [4.78, 5) is 33.9. The molecule has 0 heterocycles. The Labute approximate surface area is 149 Å². The number of carboxylic acids is 1. The molecule has 0 spiro atoms. The van der Waals surface area contributed by atoms with E-state index in [9.17, 15) is 14.4 Å². The molecule has 4 N–H and O–H groups in total. The molecule has 0 aliphatic rings. The highest BCUT2D eigenvalue weighted by Gasteiger charge is 2.09. The van der Waals surface area contributed by atoms with Gasteiger partial charge >= 0.3 is 5.97 Å².